The second-order valence-corrected chi connectivity index (χ2v) is 7.15. The molecule has 1 fully saturated rings. The van der Waals surface area contributed by atoms with Gasteiger partial charge < -0.3 is 0 Å². The lowest BCUT2D eigenvalue weighted by molar-refractivity contribution is -1.09. The average Bonchev–Trinajstić information content (AvgIpc) is 2.26. The SMILES string of the molecule is CC(F)(F)C(F)(F)C(F)(F)S(=O)(=O)N1CC[N+](C)(O)CC1. The van der Waals surface area contributed by atoms with Crippen molar-refractivity contribution >= 4 is 10.0 Å². The van der Waals surface area contributed by atoms with E-state index in [-0.39, 0.29) is 17.4 Å². The summed E-state index contributed by atoms with van der Waals surface area (Å²) in [6.45, 7) is -2.51. The smallest absolute Gasteiger partial charge is 0.217 e. The first kappa shape index (κ1) is 18.5. The Morgan fingerprint density at radius 2 is 1.43 bits per heavy atom. The van der Waals surface area contributed by atoms with Crippen LogP contribution in [-0.4, -0.2) is 72.9 Å². The number of hydrogen-bond donors (Lipinski definition) is 1. The van der Waals surface area contributed by atoms with E-state index in [1.165, 1.54) is 7.05 Å². The molecular weight excluding hydrogens is 330 g/mol. The van der Waals surface area contributed by atoms with Gasteiger partial charge >= 0.3 is 17.1 Å². The molecule has 0 atom stereocenters. The highest BCUT2D eigenvalue weighted by Crippen LogP contribution is 2.49. The number of hydroxylamine groups is 3. The zero-order chi connectivity index (χ0) is 16.9. The third-order valence-corrected chi connectivity index (χ3v) is 5.19. The van der Waals surface area contributed by atoms with Crippen LogP contribution in [0.5, 0.6) is 0 Å². The van der Waals surface area contributed by atoms with Gasteiger partial charge in [-0.05, 0) is 0 Å². The maximum Gasteiger partial charge on any atom is 0.427 e. The van der Waals surface area contributed by atoms with Gasteiger partial charge in [0.25, 0.3) is 10.0 Å². The third kappa shape index (κ3) is 2.98. The van der Waals surface area contributed by atoms with Crippen molar-refractivity contribution in [1.29, 1.82) is 0 Å². The predicted molar refractivity (Wildman–Crippen MR) is 58.7 cm³/mol. The minimum absolute atomic E-state index is 0.0110. The zero-order valence-corrected chi connectivity index (χ0v) is 12.0. The lowest BCUT2D eigenvalue weighted by Gasteiger charge is -2.38. The zero-order valence-electron chi connectivity index (χ0n) is 11.2. The van der Waals surface area contributed by atoms with Crippen LogP contribution in [0.25, 0.3) is 0 Å². The quantitative estimate of drug-likeness (QED) is 0.618. The van der Waals surface area contributed by atoms with Crippen LogP contribution in [0.2, 0.25) is 0 Å². The molecule has 0 aromatic heterocycles. The van der Waals surface area contributed by atoms with E-state index in [9.17, 15) is 40.0 Å². The molecule has 5 nitrogen and oxygen atoms in total. The van der Waals surface area contributed by atoms with Crippen molar-refractivity contribution < 1.29 is 44.6 Å². The minimum Gasteiger partial charge on any atom is -0.217 e. The summed E-state index contributed by atoms with van der Waals surface area (Å²) in [5.41, 5.74) is 0. The van der Waals surface area contributed by atoms with Gasteiger partial charge in [0, 0.05) is 6.92 Å². The number of hydrogen-bond acceptors (Lipinski definition) is 3. The van der Waals surface area contributed by atoms with Crippen molar-refractivity contribution in [3.8, 4) is 0 Å². The van der Waals surface area contributed by atoms with E-state index >= 15 is 0 Å². The van der Waals surface area contributed by atoms with Crippen LogP contribution in [0.15, 0.2) is 0 Å². The normalized spacial score (nSPS) is 22.3. The Hall–Kier alpha value is -0.590. The Morgan fingerprint density at radius 3 is 1.76 bits per heavy atom. The summed E-state index contributed by atoms with van der Waals surface area (Å²) in [5, 5.41) is 3.55. The molecule has 0 aliphatic carbocycles. The number of quaternary nitrogens is 1. The summed E-state index contributed by atoms with van der Waals surface area (Å²) in [4.78, 5) is 0. The van der Waals surface area contributed by atoms with Crippen LogP contribution < -0.4 is 0 Å². The lowest BCUT2D eigenvalue weighted by atomic mass is 10.2. The second kappa shape index (κ2) is 4.96. The average molecular weight is 345 g/mol. The number of sulfonamides is 1. The van der Waals surface area contributed by atoms with Gasteiger partial charge in [-0.1, -0.05) is 0 Å². The standard InChI is InChI=1S/C9H15F6N2O3S/c1-7(10,11)8(12,13)9(14,15)21(19,20)16-3-5-17(2,18)6-4-16/h18H,3-6H2,1-2H3/q+1. The first-order valence-electron chi connectivity index (χ1n) is 5.77. The summed E-state index contributed by atoms with van der Waals surface area (Å²) in [5.74, 6) is -11.3. The molecule has 12 heteroatoms. The highest BCUT2D eigenvalue weighted by molar-refractivity contribution is 7.90. The first-order chi connectivity index (χ1) is 9.06. The molecule has 0 aromatic rings. The molecule has 0 unspecified atom stereocenters. The minimum atomic E-state index is -6.06. The number of nitrogens with zero attached hydrogens (tertiary/aromatic N) is 2. The molecule has 1 heterocycles. The van der Waals surface area contributed by atoms with Gasteiger partial charge in [0.15, 0.2) is 0 Å². The molecule has 1 saturated heterocycles. The number of likely N-dealkylation sites (N-methyl/N-ethyl adjacent to an activating group) is 1. The van der Waals surface area contributed by atoms with Crippen molar-refractivity contribution in [1.82, 2.24) is 4.31 Å². The van der Waals surface area contributed by atoms with Gasteiger partial charge in [-0.2, -0.15) is 35.3 Å². The van der Waals surface area contributed by atoms with Gasteiger partial charge in [-0.15, -0.1) is 0 Å². The fourth-order valence-corrected chi connectivity index (χ4v) is 3.17. The molecule has 21 heavy (non-hydrogen) atoms. The Labute approximate surface area is 117 Å². The summed E-state index contributed by atoms with van der Waals surface area (Å²) in [7, 11) is -4.74. The van der Waals surface area contributed by atoms with Crippen molar-refractivity contribution in [2.75, 3.05) is 33.2 Å². The van der Waals surface area contributed by atoms with E-state index in [1.54, 1.807) is 0 Å². The molecule has 0 saturated carbocycles. The predicted octanol–water partition coefficient (Wildman–Crippen LogP) is 1.35. The molecule has 1 rings (SSSR count). The molecule has 0 amide bonds. The molecule has 1 aliphatic heterocycles. The highest BCUT2D eigenvalue weighted by atomic mass is 32.2. The molecule has 0 radical (unpaired) electrons. The van der Waals surface area contributed by atoms with Gasteiger partial charge in [-0.25, -0.2) is 13.6 Å². The van der Waals surface area contributed by atoms with Crippen LogP contribution in [0, 0.1) is 0 Å². The maximum atomic E-state index is 13.5. The number of alkyl halides is 6. The van der Waals surface area contributed by atoms with Crippen molar-refractivity contribution in [3.63, 3.8) is 0 Å². The monoisotopic (exact) mass is 345 g/mol. The first-order valence-corrected chi connectivity index (χ1v) is 7.21. The Kier molecular flexibility index (Phi) is 4.36. The highest BCUT2D eigenvalue weighted by Gasteiger charge is 2.76. The molecule has 0 aromatic carbocycles. The van der Waals surface area contributed by atoms with Crippen LogP contribution in [-0.2, 0) is 10.0 Å². The topological polar surface area (TPSA) is 57.6 Å². The fraction of sp³-hybridized carbons (Fsp3) is 1.00. The van der Waals surface area contributed by atoms with Crippen molar-refractivity contribution in [3.05, 3.63) is 0 Å². The van der Waals surface area contributed by atoms with E-state index in [2.05, 4.69) is 0 Å². The summed E-state index contributed by atoms with van der Waals surface area (Å²) in [6.07, 6.45) is 0. The molecule has 0 spiro atoms. The summed E-state index contributed by atoms with van der Waals surface area (Å²) in [6, 6.07) is 0. The van der Waals surface area contributed by atoms with Crippen molar-refractivity contribution in [2.24, 2.45) is 0 Å². The summed E-state index contributed by atoms with van der Waals surface area (Å²) >= 11 is 0. The number of piperazine rings is 1. The number of halogens is 6. The molecule has 126 valence electrons. The van der Waals surface area contributed by atoms with E-state index in [0.29, 0.717) is 0 Å². The van der Waals surface area contributed by atoms with Crippen LogP contribution in [0.4, 0.5) is 26.3 Å². The van der Waals surface area contributed by atoms with E-state index in [0.717, 1.165) is 0 Å². The van der Waals surface area contributed by atoms with E-state index in [1.807, 2.05) is 0 Å². The van der Waals surface area contributed by atoms with Crippen LogP contribution in [0.1, 0.15) is 6.92 Å². The summed E-state index contributed by atoms with van der Waals surface area (Å²) < 4.78 is 101. The van der Waals surface area contributed by atoms with Crippen molar-refractivity contribution in [2.45, 2.75) is 24.0 Å². The second-order valence-electron chi connectivity index (χ2n) is 5.17. The van der Waals surface area contributed by atoms with E-state index < -0.39 is 51.8 Å². The Morgan fingerprint density at radius 1 is 1.05 bits per heavy atom. The largest absolute Gasteiger partial charge is 0.427 e. The van der Waals surface area contributed by atoms with Crippen LogP contribution >= 0.6 is 0 Å². The van der Waals surface area contributed by atoms with Gasteiger partial charge in [0.05, 0.1) is 20.1 Å². The van der Waals surface area contributed by atoms with Gasteiger partial charge in [-0.3, -0.25) is 0 Å². The molecular formula is C9H15F6N2O3S+. The number of rotatable bonds is 4. The maximum absolute atomic E-state index is 13.5. The van der Waals surface area contributed by atoms with Gasteiger partial charge in [0.2, 0.25) is 0 Å². The van der Waals surface area contributed by atoms with Gasteiger partial charge in [0.1, 0.15) is 13.1 Å². The molecule has 1 N–H and O–H groups in total. The molecule has 1 aliphatic rings. The Balaban J connectivity index is 3.13. The fourth-order valence-electron chi connectivity index (χ4n) is 1.70. The lowest BCUT2D eigenvalue weighted by Crippen LogP contribution is -2.64. The van der Waals surface area contributed by atoms with E-state index in [4.69, 9.17) is 0 Å². The Bertz CT molecular complexity index is 492. The molecule has 0 bridgehead atoms. The third-order valence-electron chi connectivity index (χ3n) is 3.24. The van der Waals surface area contributed by atoms with Crippen LogP contribution in [0.3, 0.4) is 0 Å².